The van der Waals surface area contributed by atoms with Gasteiger partial charge in [0, 0.05) is 19.2 Å². The minimum absolute atomic E-state index is 0.655. The van der Waals surface area contributed by atoms with Crippen LogP contribution in [0.15, 0.2) is 67.2 Å². The fourth-order valence-electron chi connectivity index (χ4n) is 3.14. The summed E-state index contributed by atoms with van der Waals surface area (Å²) in [6, 6.07) is 5.79. The molecule has 0 saturated carbocycles. The quantitative estimate of drug-likeness (QED) is 0.695. The SMILES string of the molecule is C=CC1=C(C=C)CN(CCCCOc2cccc(-c3cnc[nH]3)n2)CC1. The molecule has 0 radical (unpaired) electrons. The number of hydrogen-bond donors (Lipinski definition) is 1. The molecular formula is C21H26N4O. The Morgan fingerprint density at radius 2 is 2.08 bits per heavy atom. The Kier molecular flexibility index (Phi) is 6.39. The van der Waals surface area contributed by atoms with E-state index in [-0.39, 0.29) is 0 Å². The number of nitrogens with one attached hydrogen (secondary N) is 1. The van der Waals surface area contributed by atoms with Crippen LogP contribution in [-0.2, 0) is 0 Å². The summed E-state index contributed by atoms with van der Waals surface area (Å²) >= 11 is 0. The van der Waals surface area contributed by atoms with Gasteiger partial charge in [-0.2, -0.15) is 0 Å². The summed E-state index contributed by atoms with van der Waals surface area (Å²) in [7, 11) is 0. The largest absolute Gasteiger partial charge is 0.478 e. The first-order valence-corrected chi connectivity index (χ1v) is 9.08. The Hall–Kier alpha value is -2.66. The lowest BCUT2D eigenvalue weighted by Gasteiger charge is -2.28. The van der Waals surface area contributed by atoms with Crippen molar-refractivity contribution in [3.05, 3.63) is 67.2 Å². The number of aromatic nitrogens is 3. The number of nitrogens with zero attached hydrogens (tertiary/aromatic N) is 3. The van der Waals surface area contributed by atoms with Gasteiger partial charge >= 0.3 is 0 Å². The third kappa shape index (κ3) is 4.70. The minimum atomic E-state index is 0.655. The van der Waals surface area contributed by atoms with Gasteiger partial charge in [-0.15, -0.1) is 0 Å². The number of ether oxygens (including phenoxy) is 1. The van der Waals surface area contributed by atoms with Gasteiger partial charge in [-0.25, -0.2) is 9.97 Å². The highest BCUT2D eigenvalue weighted by Crippen LogP contribution is 2.20. The van der Waals surface area contributed by atoms with E-state index in [4.69, 9.17) is 4.74 Å². The molecule has 0 atom stereocenters. The highest BCUT2D eigenvalue weighted by atomic mass is 16.5. The lowest BCUT2D eigenvalue weighted by molar-refractivity contribution is 0.255. The maximum absolute atomic E-state index is 5.81. The lowest BCUT2D eigenvalue weighted by atomic mass is 10.00. The van der Waals surface area contributed by atoms with Crippen molar-refractivity contribution in [2.45, 2.75) is 19.3 Å². The summed E-state index contributed by atoms with van der Waals surface area (Å²) < 4.78 is 5.81. The maximum Gasteiger partial charge on any atom is 0.213 e. The van der Waals surface area contributed by atoms with Crippen molar-refractivity contribution in [1.82, 2.24) is 19.9 Å². The normalized spacial score (nSPS) is 15.1. The number of hydrogen-bond acceptors (Lipinski definition) is 4. The number of unbranched alkanes of at least 4 members (excludes halogenated alkanes) is 1. The standard InChI is InChI=1S/C21H26N4O/c1-3-17-10-12-25(15-18(17)4-2)11-5-6-13-26-21-9-7-8-19(24-21)20-14-22-16-23-20/h3-4,7-9,14,16H,1-2,5-6,10-13,15H2,(H,22,23). The van der Waals surface area contributed by atoms with Crippen molar-refractivity contribution in [3.8, 4) is 17.3 Å². The molecule has 1 aliphatic rings. The summed E-state index contributed by atoms with van der Waals surface area (Å²) in [5, 5.41) is 0. The Morgan fingerprint density at radius 1 is 1.19 bits per heavy atom. The number of pyridine rings is 1. The molecule has 5 nitrogen and oxygen atoms in total. The van der Waals surface area contributed by atoms with E-state index in [1.165, 1.54) is 11.1 Å². The second-order valence-corrected chi connectivity index (χ2v) is 6.37. The van der Waals surface area contributed by atoms with E-state index in [0.29, 0.717) is 12.5 Å². The molecular weight excluding hydrogens is 324 g/mol. The zero-order chi connectivity index (χ0) is 18.2. The molecule has 2 aromatic heterocycles. The predicted octanol–water partition coefficient (Wildman–Crippen LogP) is 4.01. The molecule has 5 heteroatoms. The Bertz CT molecular complexity index is 764. The van der Waals surface area contributed by atoms with Gasteiger partial charge in [0.25, 0.3) is 0 Å². The van der Waals surface area contributed by atoms with Crippen LogP contribution >= 0.6 is 0 Å². The van der Waals surface area contributed by atoms with Crippen LogP contribution in [0.2, 0.25) is 0 Å². The molecule has 0 aliphatic carbocycles. The van der Waals surface area contributed by atoms with E-state index < -0.39 is 0 Å². The van der Waals surface area contributed by atoms with Crippen molar-refractivity contribution >= 4 is 0 Å². The van der Waals surface area contributed by atoms with Gasteiger partial charge in [-0.3, -0.25) is 4.90 Å². The monoisotopic (exact) mass is 350 g/mol. The molecule has 136 valence electrons. The summed E-state index contributed by atoms with van der Waals surface area (Å²) in [6.45, 7) is 11.6. The second-order valence-electron chi connectivity index (χ2n) is 6.37. The van der Waals surface area contributed by atoms with Gasteiger partial charge in [0.05, 0.1) is 30.5 Å². The molecule has 26 heavy (non-hydrogen) atoms. The van der Waals surface area contributed by atoms with Crippen LogP contribution in [0.5, 0.6) is 5.88 Å². The Balaban J connectivity index is 1.40. The molecule has 1 aliphatic heterocycles. The van der Waals surface area contributed by atoms with Crippen molar-refractivity contribution in [2.24, 2.45) is 0 Å². The van der Waals surface area contributed by atoms with E-state index in [1.807, 2.05) is 30.4 Å². The summed E-state index contributed by atoms with van der Waals surface area (Å²) in [5.41, 5.74) is 4.38. The van der Waals surface area contributed by atoms with E-state index >= 15 is 0 Å². The van der Waals surface area contributed by atoms with Crippen molar-refractivity contribution in [1.29, 1.82) is 0 Å². The minimum Gasteiger partial charge on any atom is -0.478 e. The topological polar surface area (TPSA) is 54.0 Å². The van der Waals surface area contributed by atoms with E-state index in [9.17, 15) is 0 Å². The fourth-order valence-corrected chi connectivity index (χ4v) is 3.14. The number of rotatable bonds is 9. The summed E-state index contributed by atoms with van der Waals surface area (Å²) in [4.78, 5) is 14.1. The second kappa shape index (κ2) is 9.15. The number of imidazole rings is 1. The molecule has 2 aromatic rings. The van der Waals surface area contributed by atoms with Crippen LogP contribution < -0.4 is 4.74 Å². The first-order valence-electron chi connectivity index (χ1n) is 9.08. The molecule has 0 aromatic carbocycles. The average Bonchev–Trinajstić information content (AvgIpc) is 3.22. The first-order chi connectivity index (χ1) is 12.8. The van der Waals surface area contributed by atoms with Crippen LogP contribution in [0.25, 0.3) is 11.4 Å². The molecule has 0 saturated heterocycles. The van der Waals surface area contributed by atoms with Gasteiger partial charge < -0.3 is 9.72 Å². The zero-order valence-electron chi connectivity index (χ0n) is 15.2. The molecule has 0 amide bonds. The number of aromatic amines is 1. The summed E-state index contributed by atoms with van der Waals surface area (Å²) in [6.07, 6.45) is 10.5. The van der Waals surface area contributed by atoms with E-state index in [0.717, 1.165) is 50.3 Å². The van der Waals surface area contributed by atoms with Crippen LogP contribution in [-0.4, -0.2) is 46.1 Å². The maximum atomic E-state index is 5.81. The van der Waals surface area contributed by atoms with Crippen molar-refractivity contribution in [3.63, 3.8) is 0 Å². The molecule has 0 bridgehead atoms. The number of H-pyrrole nitrogens is 1. The van der Waals surface area contributed by atoms with Crippen molar-refractivity contribution < 1.29 is 4.74 Å². The first kappa shape index (κ1) is 18.1. The number of allylic oxidation sites excluding steroid dienone is 1. The smallest absolute Gasteiger partial charge is 0.213 e. The van der Waals surface area contributed by atoms with Crippen LogP contribution in [0.3, 0.4) is 0 Å². The van der Waals surface area contributed by atoms with E-state index in [2.05, 4.69) is 33.0 Å². The molecule has 3 heterocycles. The molecule has 0 unspecified atom stereocenters. The molecule has 3 rings (SSSR count). The average molecular weight is 350 g/mol. The molecule has 0 fully saturated rings. The van der Waals surface area contributed by atoms with Gasteiger partial charge in [0.2, 0.25) is 5.88 Å². The highest BCUT2D eigenvalue weighted by Gasteiger charge is 2.14. The zero-order valence-corrected chi connectivity index (χ0v) is 15.2. The third-order valence-corrected chi connectivity index (χ3v) is 4.61. The van der Waals surface area contributed by atoms with Crippen LogP contribution in [0, 0.1) is 0 Å². The van der Waals surface area contributed by atoms with E-state index in [1.54, 1.807) is 12.5 Å². The van der Waals surface area contributed by atoms with Crippen LogP contribution in [0.4, 0.5) is 0 Å². The van der Waals surface area contributed by atoms with Gasteiger partial charge in [0.15, 0.2) is 0 Å². The Morgan fingerprint density at radius 3 is 2.85 bits per heavy atom. The fraction of sp³-hybridized carbons (Fsp3) is 0.333. The van der Waals surface area contributed by atoms with Gasteiger partial charge in [-0.1, -0.05) is 31.4 Å². The molecule has 1 N–H and O–H groups in total. The highest BCUT2D eigenvalue weighted by molar-refractivity contribution is 5.53. The Labute approximate surface area is 155 Å². The van der Waals surface area contributed by atoms with Crippen LogP contribution in [0.1, 0.15) is 19.3 Å². The molecule has 0 spiro atoms. The lowest BCUT2D eigenvalue weighted by Crippen LogP contribution is -2.32. The summed E-state index contributed by atoms with van der Waals surface area (Å²) in [5.74, 6) is 0.655. The predicted molar refractivity (Wildman–Crippen MR) is 105 cm³/mol. The third-order valence-electron chi connectivity index (χ3n) is 4.61. The van der Waals surface area contributed by atoms with Gasteiger partial charge in [-0.05, 0) is 43.0 Å². The van der Waals surface area contributed by atoms with Crippen molar-refractivity contribution in [2.75, 3.05) is 26.2 Å². The van der Waals surface area contributed by atoms with Gasteiger partial charge in [0.1, 0.15) is 0 Å².